The molecule has 28 heavy (non-hydrogen) atoms. The van der Waals surface area contributed by atoms with E-state index in [0.29, 0.717) is 32.8 Å². The summed E-state index contributed by atoms with van der Waals surface area (Å²) in [5, 5.41) is 19.8. The number of aliphatic imine (C=N–C) groups is 1. The molecule has 0 unspecified atom stereocenters. The maximum atomic E-state index is 11.5. The van der Waals surface area contributed by atoms with Gasteiger partial charge in [-0.05, 0) is 35.5 Å². The third-order valence-electron chi connectivity index (χ3n) is 3.79. The molecule has 0 N–H and O–H groups in total. The van der Waals surface area contributed by atoms with Gasteiger partial charge in [0.1, 0.15) is 23.5 Å². The van der Waals surface area contributed by atoms with Gasteiger partial charge in [0.25, 0.3) is 5.69 Å². The summed E-state index contributed by atoms with van der Waals surface area (Å²) >= 11 is 1.18. The minimum Gasteiger partial charge on any atom is -0.497 e. The number of benzene rings is 2. The van der Waals surface area contributed by atoms with Gasteiger partial charge in [-0.15, -0.1) is 10.2 Å². The lowest BCUT2D eigenvalue weighted by Crippen LogP contribution is -1.95. The van der Waals surface area contributed by atoms with Gasteiger partial charge < -0.3 is 14.0 Å². The molecule has 10 heteroatoms. The average Bonchev–Trinajstić information content (AvgIpc) is 3.11. The molecule has 3 aromatic rings. The second-order valence-electron chi connectivity index (χ2n) is 5.61. The molecule has 0 radical (unpaired) electrons. The molecule has 0 fully saturated rings. The van der Waals surface area contributed by atoms with Crippen LogP contribution in [0.25, 0.3) is 0 Å². The number of aryl methyl sites for hydroxylation is 1. The maximum absolute atomic E-state index is 11.5. The molecule has 0 aliphatic heterocycles. The Balaban J connectivity index is 1.89. The van der Waals surface area contributed by atoms with Gasteiger partial charge in [-0.2, -0.15) is 0 Å². The molecule has 1 aromatic heterocycles. The zero-order valence-electron chi connectivity index (χ0n) is 15.4. The summed E-state index contributed by atoms with van der Waals surface area (Å²) in [6.45, 7) is 0. The zero-order valence-corrected chi connectivity index (χ0v) is 16.2. The molecule has 3 rings (SSSR count). The smallest absolute Gasteiger partial charge is 0.283 e. The number of nitro groups is 1. The van der Waals surface area contributed by atoms with Crippen molar-refractivity contribution in [2.75, 3.05) is 14.2 Å². The number of rotatable bonds is 7. The molecule has 0 saturated carbocycles. The van der Waals surface area contributed by atoms with E-state index in [0.717, 1.165) is 0 Å². The van der Waals surface area contributed by atoms with Crippen LogP contribution in [0, 0.1) is 10.1 Å². The summed E-state index contributed by atoms with van der Waals surface area (Å²) < 4.78 is 12.2. The number of ether oxygens (including phenoxy) is 2. The van der Waals surface area contributed by atoms with E-state index in [1.807, 2.05) is 0 Å². The molecular weight excluding hydrogens is 382 g/mol. The van der Waals surface area contributed by atoms with Gasteiger partial charge in [-0.25, -0.2) is 0 Å². The topological polar surface area (TPSA) is 105 Å². The van der Waals surface area contributed by atoms with Crippen molar-refractivity contribution in [3.8, 4) is 11.5 Å². The third-order valence-corrected chi connectivity index (χ3v) is 4.91. The van der Waals surface area contributed by atoms with Crippen molar-refractivity contribution in [3.05, 3.63) is 58.4 Å². The van der Waals surface area contributed by atoms with Gasteiger partial charge in [0.15, 0.2) is 5.16 Å². The highest BCUT2D eigenvalue weighted by atomic mass is 32.2. The van der Waals surface area contributed by atoms with E-state index in [2.05, 4.69) is 15.2 Å². The first-order valence-corrected chi connectivity index (χ1v) is 8.90. The van der Waals surface area contributed by atoms with Crippen molar-refractivity contribution in [2.24, 2.45) is 12.0 Å². The van der Waals surface area contributed by atoms with Crippen LogP contribution in [0.3, 0.4) is 0 Å². The third kappa shape index (κ3) is 4.29. The first kappa shape index (κ1) is 19.4. The molecule has 0 aliphatic rings. The second-order valence-corrected chi connectivity index (χ2v) is 6.62. The van der Waals surface area contributed by atoms with Crippen LogP contribution >= 0.6 is 11.8 Å². The zero-order chi connectivity index (χ0) is 20.1. The maximum Gasteiger partial charge on any atom is 0.283 e. The highest BCUT2D eigenvalue weighted by Gasteiger charge is 2.17. The largest absolute Gasteiger partial charge is 0.497 e. The van der Waals surface area contributed by atoms with Crippen LogP contribution in [0.1, 0.15) is 5.56 Å². The summed E-state index contributed by atoms with van der Waals surface area (Å²) in [6, 6.07) is 10.1. The van der Waals surface area contributed by atoms with E-state index in [-0.39, 0.29) is 5.69 Å². The predicted molar refractivity (Wildman–Crippen MR) is 105 cm³/mol. The summed E-state index contributed by atoms with van der Waals surface area (Å²) in [5.41, 5.74) is 1.15. The highest BCUT2D eigenvalue weighted by molar-refractivity contribution is 7.99. The van der Waals surface area contributed by atoms with Gasteiger partial charge in [0, 0.05) is 25.4 Å². The van der Waals surface area contributed by atoms with Crippen LogP contribution in [0.4, 0.5) is 11.4 Å². The summed E-state index contributed by atoms with van der Waals surface area (Å²) in [5.74, 6) is 1.19. The molecule has 0 atom stereocenters. The van der Waals surface area contributed by atoms with Gasteiger partial charge >= 0.3 is 0 Å². The van der Waals surface area contributed by atoms with E-state index in [9.17, 15) is 10.1 Å². The Labute approximate surface area is 165 Å². The van der Waals surface area contributed by atoms with Crippen LogP contribution in [-0.4, -0.2) is 40.1 Å². The van der Waals surface area contributed by atoms with E-state index in [4.69, 9.17) is 9.47 Å². The number of hydrogen-bond donors (Lipinski definition) is 0. The Hall–Kier alpha value is -3.40. The van der Waals surface area contributed by atoms with Crippen molar-refractivity contribution < 1.29 is 14.4 Å². The fraction of sp³-hybridized carbons (Fsp3) is 0.167. The fourth-order valence-corrected chi connectivity index (χ4v) is 3.19. The van der Waals surface area contributed by atoms with Crippen molar-refractivity contribution in [1.29, 1.82) is 0 Å². The molecule has 0 saturated heterocycles. The van der Waals surface area contributed by atoms with Crippen LogP contribution in [0.15, 0.2) is 57.8 Å². The molecule has 0 aliphatic carbocycles. The molecule has 9 nitrogen and oxygen atoms in total. The van der Waals surface area contributed by atoms with Crippen LogP contribution in [0.2, 0.25) is 0 Å². The summed E-state index contributed by atoms with van der Waals surface area (Å²) in [6.07, 6.45) is 3.09. The van der Waals surface area contributed by atoms with E-state index < -0.39 is 4.92 Å². The highest BCUT2D eigenvalue weighted by Crippen LogP contribution is 2.34. The Morgan fingerprint density at radius 2 is 2.04 bits per heavy atom. The van der Waals surface area contributed by atoms with Crippen molar-refractivity contribution >= 4 is 29.4 Å². The average molecular weight is 399 g/mol. The van der Waals surface area contributed by atoms with Crippen LogP contribution < -0.4 is 9.47 Å². The lowest BCUT2D eigenvalue weighted by atomic mass is 10.2. The van der Waals surface area contributed by atoms with Gasteiger partial charge in [-0.1, -0.05) is 6.07 Å². The number of aromatic nitrogens is 3. The Bertz CT molecular complexity index is 1030. The normalized spacial score (nSPS) is 11.0. The van der Waals surface area contributed by atoms with Crippen LogP contribution in [-0.2, 0) is 7.05 Å². The van der Waals surface area contributed by atoms with Gasteiger partial charge in [0.2, 0.25) is 0 Å². The van der Waals surface area contributed by atoms with E-state index in [1.54, 1.807) is 55.3 Å². The van der Waals surface area contributed by atoms with Gasteiger partial charge in [0.05, 0.1) is 24.0 Å². The molecule has 1 heterocycles. The molecule has 2 aromatic carbocycles. The molecule has 144 valence electrons. The number of hydrogen-bond acceptors (Lipinski definition) is 8. The minimum atomic E-state index is -0.427. The minimum absolute atomic E-state index is 0.0290. The SMILES string of the molecule is COc1ccc(N=Cc2ccc(Sc3nncn3C)c([N+](=O)[O-])c2)c(OC)c1. The van der Waals surface area contributed by atoms with Gasteiger partial charge in [-0.3, -0.25) is 15.1 Å². The summed E-state index contributed by atoms with van der Waals surface area (Å²) in [4.78, 5) is 15.9. The quantitative estimate of drug-likeness (QED) is 0.339. The lowest BCUT2D eigenvalue weighted by Gasteiger charge is -2.07. The van der Waals surface area contributed by atoms with Crippen molar-refractivity contribution in [3.63, 3.8) is 0 Å². The molecule has 0 spiro atoms. The number of nitrogens with zero attached hydrogens (tertiary/aromatic N) is 5. The van der Waals surface area contributed by atoms with Crippen LogP contribution in [0.5, 0.6) is 11.5 Å². The van der Waals surface area contributed by atoms with E-state index >= 15 is 0 Å². The monoisotopic (exact) mass is 399 g/mol. The first-order valence-electron chi connectivity index (χ1n) is 8.08. The Kier molecular flexibility index (Phi) is 5.90. The predicted octanol–water partition coefficient (Wildman–Crippen LogP) is 3.64. The van der Waals surface area contributed by atoms with Crippen molar-refractivity contribution in [2.45, 2.75) is 10.1 Å². The summed E-state index contributed by atoms with van der Waals surface area (Å²) in [7, 11) is 4.88. The number of nitro benzene ring substituents is 1. The molecule has 0 amide bonds. The Morgan fingerprint density at radius 1 is 1.21 bits per heavy atom. The van der Waals surface area contributed by atoms with Crippen molar-refractivity contribution in [1.82, 2.24) is 14.8 Å². The Morgan fingerprint density at radius 3 is 2.68 bits per heavy atom. The second kappa shape index (κ2) is 8.53. The first-order chi connectivity index (χ1) is 13.5. The van der Waals surface area contributed by atoms with E-state index in [1.165, 1.54) is 31.3 Å². The molecular formula is C18H17N5O4S. The molecule has 0 bridgehead atoms. The lowest BCUT2D eigenvalue weighted by molar-refractivity contribution is -0.387. The number of methoxy groups -OCH3 is 2. The standard InChI is InChI=1S/C18H17N5O4S/c1-22-11-20-21-18(22)28-17-7-4-12(8-15(17)23(24)25)10-19-14-6-5-13(26-2)9-16(14)27-3/h4-11H,1-3H3. The fourth-order valence-electron chi connectivity index (χ4n) is 2.34.